The van der Waals surface area contributed by atoms with Gasteiger partial charge in [-0.2, -0.15) is 21.6 Å². The first-order chi connectivity index (χ1) is 11.8. The highest BCUT2D eigenvalue weighted by molar-refractivity contribution is 7.99. The molecule has 0 fully saturated rings. The summed E-state index contributed by atoms with van der Waals surface area (Å²) in [6.45, 7) is 5.08. The second-order valence-corrected chi connectivity index (χ2v) is 9.51. The summed E-state index contributed by atoms with van der Waals surface area (Å²) in [5.41, 5.74) is -5.86. The topological polar surface area (TPSA) is 69.7 Å². The van der Waals surface area contributed by atoms with Crippen LogP contribution in [0.25, 0.3) is 0 Å². The van der Waals surface area contributed by atoms with E-state index in [9.17, 15) is 26.4 Å². The van der Waals surface area contributed by atoms with Gasteiger partial charge in [0.15, 0.2) is 0 Å². The summed E-state index contributed by atoms with van der Waals surface area (Å²) in [7, 11) is -5.70. The van der Waals surface area contributed by atoms with Crippen molar-refractivity contribution in [1.29, 1.82) is 0 Å². The largest absolute Gasteiger partial charge is 0.523 e. The fraction of sp³-hybridized carbons (Fsp3) is 0.562. The lowest BCUT2D eigenvalue weighted by Crippen LogP contribution is -2.27. The molecule has 0 spiro atoms. The molecule has 1 unspecified atom stereocenters. The van der Waals surface area contributed by atoms with Gasteiger partial charge in [0.2, 0.25) is 0 Å². The molecule has 0 N–H and O–H groups in total. The summed E-state index contributed by atoms with van der Waals surface area (Å²) in [5, 5.41) is 0. The summed E-state index contributed by atoms with van der Waals surface area (Å²) >= 11 is 1.35. The third-order valence-electron chi connectivity index (χ3n) is 3.55. The third kappa shape index (κ3) is 4.92. The molecule has 0 aliphatic carbocycles. The van der Waals surface area contributed by atoms with Crippen LogP contribution in [-0.2, 0) is 19.1 Å². The molecule has 0 bridgehead atoms. The first kappa shape index (κ1) is 21.0. The van der Waals surface area contributed by atoms with E-state index in [4.69, 9.17) is 4.74 Å². The lowest BCUT2D eigenvalue weighted by molar-refractivity contribution is -0.143. The molecule has 0 saturated carbocycles. The molecule has 1 atom stereocenters. The Balaban J connectivity index is 2.30. The van der Waals surface area contributed by atoms with E-state index in [1.165, 1.54) is 30.0 Å². The Bertz CT molecular complexity index is 782. The van der Waals surface area contributed by atoms with E-state index < -0.39 is 33.1 Å². The lowest BCUT2D eigenvalue weighted by atomic mass is 9.97. The van der Waals surface area contributed by atoms with Crippen molar-refractivity contribution in [2.45, 2.75) is 50.1 Å². The Morgan fingerprint density at radius 3 is 2.46 bits per heavy atom. The molecule has 10 heteroatoms. The molecule has 0 amide bonds. The van der Waals surface area contributed by atoms with Gasteiger partial charge in [-0.15, -0.1) is 11.8 Å². The minimum atomic E-state index is -5.70. The smallest absolute Gasteiger partial charge is 0.426 e. The van der Waals surface area contributed by atoms with Crippen LogP contribution in [-0.4, -0.2) is 25.6 Å². The number of thioether (sulfide) groups is 1. The van der Waals surface area contributed by atoms with Crippen molar-refractivity contribution in [2.75, 3.05) is 5.75 Å². The molecule has 1 aromatic carbocycles. The molecule has 2 rings (SSSR count). The maximum absolute atomic E-state index is 12.6. The van der Waals surface area contributed by atoms with Crippen LogP contribution in [0.4, 0.5) is 13.2 Å². The van der Waals surface area contributed by atoms with Gasteiger partial charge in [0.25, 0.3) is 0 Å². The second kappa shape index (κ2) is 7.40. The molecule has 0 radical (unpaired) electrons. The van der Waals surface area contributed by atoms with Gasteiger partial charge in [-0.25, -0.2) is 0 Å². The van der Waals surface area contributed by atoms with Crippen LogP contribution in [0.1, 0.15) is 45.3 Å². The normalized spacial score (nSPS) is 18.8. The minimum absolute atomic E-state index is 0.135. The molecule has 1 aliphatic heterocycles. The van der Waals surface area contributed by atoms with E-state index in [1.807, 2.05) is 0 Å². The van der Waals surface area contributed by atoms with E-state index in [-0.39, 0.29) is 12.2 Å². The van der Waals surface area contributed by atoms with Crippen molar-refractivity contribution >= 4 is 27.8 Å². The van der Waals surface area contributed by atoms with Crippen molar-refractivity contribution < 1.29 is 35.3 Å². The molecule has 146 valence electrons. The monoisotopic (exact) mass is 412 g/mol. The fourth-order valence-corrected chi connectivity index (χ4v) is 3.85. The molecule has 5 nitrogen and oxygen atoms in total. The maximum Gasteiger partial charge on any atom is 0.523 e. The molecule has 1 heterocycles. The van der Waals surface area contributed by atoms with Crippen LogP contribution < -0.4 is 4.74 Å². The van der Waals surface area contributed by atoms with Crippen molar-refractivity contribution in [3.8, 4) is 5.75 Å². The second-order valence-electron chi connectivity index (χ2n) is 6.81. The molecular formula is C16H19F3O5S2. The molecule has 0 saturated heterocycles. The first-order valence-corrected chi connectivity index (χ1v) is 10.2. The van der Waals surface area contributed by atoms with Crippen molar-refractivity contribution in [2.24, 2.45) is 5.41 Å². The zero-order valence-corrected chi connectivity index (χ0v) is 16.1. The van der Waals surface area contributed by atoms with Crippen LogP contribution >= 0.6 is 11.8 Å². The number of alkyl halides is 3. The Morgan fingerprint density at radius 1 is 1.23 bits per heavy atom. The van der Waals surface area contributed by atoms with E-state index in [2.05, 4.69) is 4.18 Å². The van der Waals surface area contributed by atoms with Gasteiger partial charge in [0.1, 0.15) is 11.9 Å². The summed E-state index contributed by atoms with van der Waals surface area (Å²) in [5.74, 6) is 0.370. The highest BCUT2D eigenvalue weighted by atomic mass is 32.2. The molecule has 1 aliphatic rings. The van der Waals surface area contributed by atoms with E-state index in [0.29, 0.717) is 22.6 Å². The number of carbonyl (C=O) groups excluding carboxylic acids is 1. The van der Waals surface area contributed by atoms with Crippen LogP contribution in [0.2, 0.25) is 0 Å². The molecule has 0 aromatic heterocycles. The van der Waals surface area contributed by atoms with Gasteiger partial charge in [-0.05, 0) is 57.1 Å². The standard InChI is InChI=1S/C16H19F3O5S2/c1-15(2,3)14(20)23-10-6-7-11-12(5-4-8-25-13(11)9-10)24-26(21,22)16(17,18)19/h6-7,9,12H,4-5,8H2,1-3H3. The van der Waals surface area contributed by atoms with Gasteiger partial charge >= 0.3 is 21.6 Å². The number of hydrogen-bond donors (Lipinski definition) is 0. The summed E-state index contributed by atoms with van der Waals surface area (Å²) < 4.78 is 70.2. The predicted molar refractivity (Wildman–Crippen MR) is 90.3 cm³/mol. The number of esters is 1. The Labute approximate surface area is 154 Å². The molecular weight excluding hydrogens is 393 g/mol. The van der Waals surface area contributed by atoms with E-state index >= 15 is 0 Å². The SMILES string of the molecule is CC(C)(C)C(=O)Oc1ccc2c(c1)SCCCC2OS(=O)(=O)C(F)(F)F. The van der Waals surface area contributed by atoms with Gasteiger partial charge in [-0.1, -0.05) is 6.07 Å². The Hall–Kier alpha value is -1.26. The van der Waals surface area contributed by atoms with Gasteiger partial charge in [0, 0.05) is 4.90 Å². The summed E-state index contributed by atoms with van der Waals surface area (Å²) in [6, 6.07) is 4.38. The summed E-state index contributed by atoms with van der Waals surface area (Å²) in [4.78, 5) is 12.5. The number of hydrogen-bond acceptors (Lipinski definition) is 6. The first-order valence-electron chi connectivity index (χ1n) is 7.80. The van der Waals surface area contributed by atoms with E-state index in [1.54, 1.807) is 20.8 Å². The zero-order chi connectivity index (χ0) is 19.8. The van der Waals surface area contributed by atoms with Crippen LogP contribution in [0.5, 0.6) is 5.75 Å². The third-order valence-corrected chi connectivity index (χ3v) is 5.76. The number of ether oxygens (including phenoxy) is 1. The average Bonchev–Trinajstić information content (AvgIpc) is 2.67. The van der Waals surface area contributed by atoms with Crippen molar-refractivity contribution in [1.82, 2.24) is 0 Å². The van der Waals surface area contributed by atoms with Crippen LogP contribution in [0.15, 0.2) is 23.1 Å². The minimum Gasteiger partial charge on any atom is -0.426 e. The van der Waals surface area contributed by atoms with Crippen LogP contribution in [0.3, 0.4) is 0 Å². The highest BCUT2D eigenvalue weighted by Crippen LogP contribution is 2.41. The van der Waals surface area contributed by atoms with Crippen LogP contribution in [0, 0.1) is 5.41 Å². The Morgan fingerprint density at radius 2 is 1.88 bits per heavy atom. The lowest BCUT2D eigenvalue weighted by Gasteiger charge is -2.20. The number of rotatable bonds is 3. The van der Waals surface area contributed by atoms with Gasteiger partial charge in [0.05, 0.1) is 5.41 Å². The van der Waals surface area contributed by atoms with E-state index in [0.717, 1.165) is 0 Å². The Kier molecular flexibility index (Phi) is 5.99. The quantitative estimate of drug-likeness (QED) is 0.317. The van der Waals surface area contributed by atoms with Gasteiger partial charge in [-0.3, -0.25) is 8.98 Å². The zero-order valence-electron chi connectivity index (χ0n) is 14.4. The number of benzene rings is 1. The number of halogens is 3. The maximum atomic E-state index is 12.6. The molecule has 1 aromatic rings. The summed E-state index contributed by atoms with van der Waals surface area (Å²) in [6.07, 6.45) is -0.621. The highest BCUT2D eigenvalue weighted by Gasteiger charge is 2.49. The number of fused-ring (bicyclic) bond motifs is 1. The fourth-order valence-electron chi connectivity index (χ4n) is 2.14. The van der Waals surface area contributed by atoms with Crippen molar-refractivity contribution in [3.63, 3.8) is 0 Å². The number of carbonyl (C=O) groups is 1. The van der Waals surface area contributed by atoms with Gasteiger partial charge < -0.3 is 4.74 Å². The van der Waals surface area contributed by atoms with Crippen molar-refractivity contribution in [3.05, 3.63) is 23.8 Å². The predicted octanol–water partition coefficient (Wildman–Crippen LogP) is 4.43. The molecule has 26 heavy (non-hydrogen) atoms. The average molecular weight is 412 g/mol.